The third-order valence-electron chi connectivity index (χ3n) is 6.26. The van der Waals surface area contributed by atoms with Crippen molar-refractivity contribution in [2.75, 3.05) is 31.5 Å². The number of sulfonamides is 1. The third-order valence-corrected chi connectivity index (χ3v) is 9.25. The zero-order valence-corrected chi connectivity index (χ0v) is 20.8. The monoisotopic (exact) mass is 494 g/mol. The highest BCUT2D eigenvalue weighted by atomic mass is 32.2. The Kier molecular flexibility index (Phi) is 6.87. The Morgan fingerprint density at radius 1 is 1.15 bits per heavy atom. The van der Waals surface area contributed by atoms with Crippen LogP contribution in [-0.4, -0.2) is 70.4 Å². The van der Waals surface area contributed by atoms with Gasteiger partial charge in [0.25, 0.3) is 0 Å². The molecule has 2 aliphatic heterocycles. The van der Waals surface area contributed by atoms with Gasteiger partial charge >= 0.3 is 0 Å². The van der Waals surface area contributed by atoms with Crippen molar-refractivity contribution in [2.45, 2.75) is 57.9 Å². The molecule has 4 heterocycles. The fraction of sp³-hybridized carbons (Fsp3) is 0.619. The lowest BCUT2D eigenvalue weighted by atomic mass is 9.99. The summed E-state index contributed by atoms with van der Waals surface area (Å²) in [7, 11) is -3.86. The van der Waals surface area contributed by atoms with Crippen molar-refractivity contribution in [1.29, 1.82) is 0 Å². The number of aromatic nitrogens is 3. The molecule has 0 unspecified atom stereocenters. The average Bonchev–Trinajstić information content (AvgIpc) is 3.50. The molecule has 2 saturated heterocycles. The van der Waals surface area contributed by atoms with Crippen LogP contribution in [0.15, 0.2) is 10.3 Å². The molecule has 2 aromatic heterocycles. The molecule has 10 nitrogen and oxygen atoms in total. The van der Waals surface area contributed by atoms with Gasteiger partial charge < -0.3 is 10.2 Å². The summed E-state index contributed by atoms with van der Waals surface area (Å²) >= 11 is 1.35. The molecule has 0 saturated carbocycles. The number of piperidine rings is 1. The zero-order valence-electron chi connectivity index (χ0n) is 19.2. The van der Waals surface area contributed by atoms with Crippen LogP contribution in [0.25, 0.3) is 0 Å². The molecule has 12 heteroatoms. The Bertz CT molecular complexity index is 1150. The fourth-order valence-corrected chi connectivity index (χ4v) is 7.11. The van der Waals surface area contributed by atoms with Gasteiger partial charge in [0.2, 0.25) is 21.8 Å². The molecule has 4 rings (SSSR count). The number of nitrogens with zero attached hydrogens (tertiary/aromatic N) is 5. The maximum Gasteiger partial charge on any atom is 0.246 e. The molecule has 2 fully saturated rings. The van der Waals surface area contributed by atoms with E-state index < -0.39 is 15.9 Å². The SMILES string of the molecule is Cc1csc(NC(=O)[C@H]2CCCN(S(=O)(=O)c3c(C)nn(CC(=O)N4CCCC4)c3C)C2)n1. The maximum atomic E-state index is 13.5. The Balaban J connectivity index is 1.49. The number of likely N-dealkylation sites (tertiary alicyclic amines) is 1. The lowest BCUT2D eigenvalue weighted by Gasteiger charge is -2.31. The van der Waals surface area contributed by atoms with E-state index in [1.807, 2.05) is 12.3 Å². The second-order valence-electron chi connectivity index (χ2n) is 8.73. The van der Waals surface area contributed by atoms with Gasteiger partial charge in [0.05, 0.1) is 23.0 Å². The minimum atomic E-state index is -3.86. The predicted octanol–water partition coefficient (Wildman–Crippen LogP) is 1.93. The first-order valence-corrected chi connectivity index (χ1v) is 13.5. The summed E-state index contributed by atoms with van der Waals surface area (Å²) in [5.41, 5.74) is 1.64. The number of carbonyl (C=O) groups is 2. The second-order valence-corrected chi connectivity index (χ2v) is 11.5. The third kappa shape index (κ3) is 4.97. The van der Waals surface area contributed by atoms with Crippen LogP contribution < -0.4 is 5.32 Å². The molecule has 0 spiro atoms. The van der Waals surface area contributed by atoms with E-state index in [1.54, 1.807) is 18.7 Å². The number of amides is 2. The molecule has 0 radical (unpaired) electrons. The van der Waals surface area contributed by atoms with E-state index >= 15 is 0 Å². The molecule has 2 aromatic rings. The minimum Gasteiger partial charge on any atom is -0.341 e. The summed E-state index contributed by atoms with van der Waals surface area (Å²) in [6, 6.07) is 0. The van der Waals surface area contributed by atoms with Crippen LogP contribution in [0.4, 0.5) is 5.13 Å². The first kappa shape index (κ1) is 23.8. The van der Waals surface area contributed by atoms with Crippen LogP contribution in [0.5, 0.6) is 0 Å². The molecular formula is C21H30N6O4S2. The topological polar surface area (TPSA) is 118 Å². The van der Waals surface area contributed by atoms with Crippen LogP contribution in [0.2, 0.25) is 0 Å². The van der Waals surface area contributed by atoms with Crippen LogP contribution >= 0.6 is 11.3 Å². The highest BCUT2D eigenvalue weighted by Gasteiger charge is 2.37. The van der Waals surface area contributed by atoms with Gasteiger partial charge in [-0.05, 0) is 46.5 Å². The number of carbonyl (C=O) groups excluding carboxylic acids is 2. The molecule has 0 aliphatic carbocycles. The normalized spacial score (nSPS) is 19.7. The Hall–Kier alpha value is -2.31. The van der Waals surface area contributed by atoms with E-state index in [0.717, 1.165) is 31.6 Å². The molecular weight excluding hydrogens is 464 g/mol. The van der Waals surface area contributed by atoms with Crippen LogP contribution in [0, 0.1) is 26.7 Å². The van der Waals surface area contributed by atoms with Crippen LogP contribution in [-0.2, 0) is 26.2 Å². The van der Waals surface area contributed by atoms with Gasteiger partial charge in [0, 0.05) is 31.6 Å². The summed E-state index contributed by atoms with van der Waals surface area (Å²) in [5, 5.41) is 9.55. The molecule has 180 valence electrons. The van der Waals surface area contributed by atoms with Crippen molar-refractivity contribution < 1.29 is 18.0 Å². The highest BCUT2D eigenvalue weighted by molar-refractivity contribution is 7.89. The summed E-state index contributed by atoms with van der Waals surface area (Å²) in [4.78, 5) is 31.5. The average molecular weight is 495 g/mol. The largest absolute Gasteiger partial charge is 0.341 e. The smallest absolute Gasteiger partial charge is 0.246 e. The summed E-state index contributed by atoms with van der Waals surface area (Å²) in [6.07, 6.45) is 3.19. The molecule has 0 aromatic carbocycles. The lowest BCUT2D eigenvalue weighted by molar-refractivity contribution is -0.131. The van der Waals surface area contributed by atoms with Crippen molar-refractivity contribution in [2.24, 2.45) is 5.92 Å². The van der Waals surface area contributed by atoms with Gasteiger partial charge in [-0.2, -0.15) is 9.40 Å². The van der Waals surface area contributed by atoms with E-state index in [4.69, 9.17) is 0 Å². The summed E-state index contributed by atoms with van der Waals surface area (Å²) in [5.74, 6) is -0.719. The fourth-order valence-electron chi connectivity index (χ4n) is 4.53. The van der Waals surface area contributed by atoms with E-state index in [9.17, 15) is 18.0 Å². The van der Waals surface area contributed by atoms with Crippen molar-refractivity contribution in [3.05, 3.63) is 22.5 Å². The van der Waals surface area contributed by atoms with Crippen LogP contribution in [0.3, 0.4) is 0 Å². The highest BCUT2D eigenvalue weighted by Crippen LogP contribution is 2.29. The number of nitrogens with one attached hydrogen (secondary N) is 1. The standard InChI is InChI=1S/C21H30N6O4S2/c1-14-13-32-21(22-14)23-20(29)17-7-6-10-26(11-17)33(30,31)19-15(2)24-27(16(19)3)12-18(28)25-8-4-5-9-25/h13,17H,4-12H2,1-3H3,(H,22,23,29)/t17-/m0/s1. The van der Waals surface area contributed by atoms with Gasteiger partial charge in [-0.3, -0.25) is 14.3 Å². The number of anilines is 1. The van der Waals surface area contributed by atoms with Crippen molar-refractivity contribution >= 4 is 38.3 Å². The van der Waals surface area contributed by atoms with E-state index in [-0.39, 0.29) is 29.8 Å². The molecule has 1 N–H and O–H groups in total. The molecule has 2 amide bonds. The van der Waals surface area contributed by atoms with E-state index in [1.165, 1.54) is 20.3 Å². The van der Waals surface area contributed by atoms with E-state index in [2.05, 4.69) is 15.4 Å². The maximum absolute atomic E-state index is 13.5. The number of thiazole rings is 1. The van der Waals surface area contributed by atoms with Gasteiger partial charge in [0.15, 0.2) is 5.13 Å². The quantitative estimate of drug-likeness (QED) is 0.656. The number of rotatable bonds is 6. The van der Waals surface area contributed by atoms with Crippen molar-refractivity contribution in [3.63, 3.8) is 0 Å². The van der Waals surface area contributed by atoms with Crippen LogP contribution in [0.1, 0.15) is 42.8 Å². The summed E-state index contributed by atoms with van der Waals surface area (Å²) < 4.78 is 30.0. The number of hydrogen-bond donors (Lipinski definition) is 1. The number of aryl methyl sites for hydroxylation is 2. The molecule has 0 bridgehead atoms. The van der Waals surface area contributed by atoms with Gasteiger partial charge in [-0.25, -0.2) is 13.4 Å². The Morgan fingerprint density at radius 2 is 1.88 bits per heavy atom. The minimum absolute atomic E-state index is 0.0282. The van der Waals surface area contributed by atoms with Gasteiger partial charge in [-0.15, -0.1) is 11.3 Å². The van der Waals surface area contributed by atoms with Crippen molar-refractivity contribution in [1.82, 2.24) is 24.0 Å². The zero-order chi connectivity index (χ0) is 23.8. The first-order chi connectivity index (χ1) is 15.7. The van der Waals surface area contributed by atoms with Gasteiger partial charge in [0.1, 0.15) is 11.4 Å². The second kappa shape index (κ2) is 9.51. The first-order valence-electron chi connectivity index (χ1n) is 11.2. The Labute approximate surface area is 198 Å². The molecule has 33 heavy (non-hydrogen) atoms. The summed E-state index contributed by atoms with van der Waals surface area (Å²) in [6.45, 7) is 7.14. The lowest BCUT2D eigenvalue weighted by Crippen LogP contribution is -2.44. The van der Waals surface area contributed by atoms with Crippen molar-refractivity contribution in [3.8, 4) is 0 Å². The number of hydrogen-bond acceptors (Lipinski definition) is 7. The molecule has 1 atom stereocenters. The van der Waals surface area contributed by atoms with E-state index in [0.29, 0.717) is 35.9 Å². The predicted molar refractivity (Wildman–Crippen MR) is 124 cm³/mol. The van der Waals surface area contributed by atoms with Gasteiger partial charge in [-0.1, -0.05) is 0 Å². The Morgan fingerprint density at radius 3 is 2.55 bits per heavy atom. The molecule has 2 aliphatic rings.